The lowest BCUT2D eigenvalue weighted by molar-refractivity contribution is 0.0912. The van der Waals surface area contributed by atoms with Crippen molar-refractivity contribution >= 4 is 17.5 Å². The number of H-pyrrole nitrogens is 2. The summed E-state index contributed by atoms with van der Waals surface area (Å²) in [4.78, 5) is 31.5. The number of amides is 1. The predicted octanol–water partition coefficient (Wildman–Crippen LogP) is 2.58. The molecule has 4 rings (SSSR count). The van der Waals surface area contributed by atoms with Crippen LogP contribution in [0.5, 0.6) is 0 Å². The topological polar surface area (TPSA) is 132 Å². The Morgan fingerprint density at radius 1 is 1.19 bits per heavy atom. The van der Waals surface area contributed by atoms with Gasteiger partial charge in [-0.15, -0.1) is 0 Å². The van der Waals surface area contributed by atoms with Gasteiger partial charge in [-0.05, 0) is 30.7 Å². The average molecular weight is 417 g/mol. The number of rotatable bonds is 8. The number of nitrogens with one attached hydrogen (secondary N) is 4. The third-order valence-corrected chi connectivity index (χ3v) is 4.78. The smallest absolute Gasteiger partial charge is 0.268 e. The van der Waals surface area contributed by atoms with Crippen molar-refractivity contribution < 1.29 is 9.90 Å². The Labute approximate surface area is 179 Å². The van der Waals surface area contributed by atoms with E-state index in [-0.39, 0.29) is 12.5 Å². The summed E-state index contributed by atoms with van der Waals surface area (Å²) in [6.07, 6.45) is 7.16. The van der Waals surface area contributed by atoms with Crippen molar-refractivity contribution in [3.63, 3.8) is 0 Å². The molecule has 158 valence electrons. The summed E-state index contributed by atoms with van der Waals surface area (Å²) in [5.41, 5.74) is 4.49. The molecule has 0 saturated carbocycles. The van der Waals surface area contributed by atoms with Crippen LogP contribution in [-0.4, -0.2) is 48.6 Å². The first-order chi connectivity index (χ1) is 15.1. The molecular weight excluding hydrogens is 394 g/mol. The van der Waals surface area contributed by atoms with Crippen molar-refractivity contribution in [1.29, 1.82) is 0 Å². The number of carbonyl (C=O) groups is 1. The van der Waals surface area contributed by atoms with Gasteiger partial charge in [-0.2, -0.15) is 0 Å². The Kier molecular flexibility index (Phi) is 6.04. The Balaban J connectivity index is 1.48. The Bertz CT molecular complexity index is 1140. The molecule has 9 nitrogen and oxygen atoms in total. The molecule has 1 atom stereocenters. The number of aliphatic hydroxyl groups is 1. The van der Waals surface area contributed by atoms with Gasteiger partial charge in [-0.3, -0.25) is 4.79 Å². The third kappa shape index (κ3) is 4.96. The van der Waals surface area contributed by atoms with E-state index in [9.17, 15) is 9.90 Å². The molecule has 31 heavy (non-hydrogen) atoms. The number of anilines is 2. The van der Waals surface area contributed by atoms with Gasteiger partial charge in [0.15, 0.2) is 0 Å². The van der Waals surface area contributed by atoms with Gasteiger partial charge < -0.3 is 25.7 Å². The van der Waals surface area contributed by atoms with Crippen LogP contribution in [0.25, 0.3) is 11.3 Å². The zero-order chi connectivity index (χ0) is 21.6. The lowest BCUT2D eigenvalue weighted by Gasteiger charge is -2.14. The van der Waals surface area contributed by atoms with Gasteiger partial charge in [0, 0.05) is 42.0 Å². The molecule has 5 N–H and O–H groups in total. The highest BCUT2D eigenvalue weighted by Crippen LogP contribution is 2.24. The number of benzene rings is 1. The summed E-state index contributed by atoms with van der Waals surface area (Å²) in [5, 5.41) is 15.6. The minimum atomic E-state index is -0.429. The summed E-state index contributed by atoms with van der Waals surface area (Å²) in [6.45, 7) is 1.73. The fourth-order valence-corrected chi connectivity index (χ4v) is 3.19. The van der Waals surface area contributed by atoms with Crippen LogP contribution >= 0.6 is 0 Å². The summed E-state index contributed by atoms with van der Waals surface area (Å²) in [5.74, 6) is 0.165. The van der Waals surface area contributed by atoms with Crippen LogP contribution in [0.2, 0.25) is 0 Å². The summed E-state index contributed by atoms with van der Waals surface area (Å²) < 4.78 is 0. The van der Waals surface area contributed by atoms with Crippen LogP contribution < -0.4 is 10.6 Å². The van der Waals surface area contributed by atoms with E-state index < -0.39 is 6.04 Å². The largest absolute Gasteiger partial charge is 0.394 e. The second-order valence-corrected chi connectivity index (χ2v) is 7.15. The number of hydrogen-bond donors (Lipinski definition) is 5. The molecular formula is C22H23N7O2. The molecule has 1 unspecified atom stereocenters. The van der Waals surface area contributed by atoms with E-state index in [1.165, 1.54) is 0 Å². The number of nitrogens with zero attached hydrogens (tertiary/aromatic N) is 3. The van der Waals surface area contributed by atoms with E-state index in [1.807, 2.05) is 37.3 Å². The summed E-state index contributed by atoms with van der Waals surface area (Å²) >= 11 is 0. The van der Waals surface area contributed by atoms with Gasteiger partial charge in [0.1, 0.15) is 5.69 Å². The summed E-state index contributed by atoms with van der Waals surface area (Å²) in [7, 11) is 0. The van der Waals surface area contributed by atoms with Gasteiger partial charge in [-0.25, -0.2) is 15.0 Å². The monoisotopic (exact) mass is 417 g/mol. The standard InChI is InChI=1S/C22H23N7O2/c1-14-9-25-22(28-16-5-3-2-4-6-16)29-20(14)15-7-19(24-10-15)21(31)27-18(12-30)8-17-11-23-13-26-17/h2-7,9-11,13,18,24,30H,8,12H2,1H3,(H,23,26)(H,27,31)(H,25,28,29). The van der Waals surface area contributed by atoms with Crippen LogP contribution in [0.15, 0.2) is 61.3 Å². The van der Waals surface area contributed by atoms with Crippen molar-refractivity contribution in [2.24, 2.45) is 0 Å². The number of aromatic amines is 2. The highest BCUT2D eigenvalue weighted by molar-refractivity contribution is 5.94. The number of imidazole rings is 1. The van der Waals surface area contributed by atoms with Crippen molar-refractivity contribution in [3.05, 3.63) is 78.3 Å². The highest BCUT2D eigenvalue weighted by Gasteiger charge is 2.17. The average Bonchev–Trinajstić information content (AvgIpc) is 3.47. The number of aliphatic hydroxyl groups excluding tert-OH is 1. The van der Waals surface area contributed by atoms with Gasteiger partial charge in [0.25, 0.3) is 5.91 Å². The van der Waals surface area contributed by atoms with E-state index in [0.29, 0.717) is 18.1 Å². The second-order valence-electron chi connectivity index (χ2n) is 7.15. The number of carbonyl (C=O) groups excluding carboxylic acids is 1. The van der Waals surface area contributed by atoms with Crippen molar-refractivity contribution in [3.8, 4) is 11.3 Å². The Hall–Kier alpha value is -3.98. The van der Waals surface area contributed by atoms with Crippen molar-refractivity contribution in [2.75, 3.05) is 11.9 Å². The minimum Gasteiger partial charge on any atom is -0.394 e. The third-order valence-electron chi connectivity index (χ3n) is 4.78. The fraction of sp³-hybridized carbons (Fsp3) is 0.182. The predicted molar refractivity (Wildman–Crippen MR) is 117 cm³/mol. The van der Waals surface area contributed by atoms with Crippen LogP contribution in [-0.2, 0) is 6.42 Å². The zero-order valence-electron chi connectivity index (χ0n) is 17.0. The molecule has 0 spiro atoms. The molecule has 0 fully saturated rings. The SMILES string of the molecule is Cc1cnc(Nc2ccccc2)nc1-c1c[nH]c(C(=O)NC(CO)Cc2cnc[nH]2)c1. The van der Waals surface area contributed by atoms with E-state index in [2.05, 4.69) is 35.6 Å². The molecule has 3 heterocycles. The lowest BCUT2D eigenvalue weighted by Crippen LogP contribution is -2.39. The first-order valence-electron chi connectivity index (χ1n) is 9.86. The minimum absolute atomic E-state index is 0.183. The van der Waals surface area contributed by atoms with Crippen LogP contribution in [0.1, 0.15) is 21.7 Å². The zero-order valence-corrected chi connectivity index (χ0v) is 17.0. The molecule has 0 aliphatic carbocycles. The van der Waals surface area contributed by atoms with Gasteiger partial charge in [-0.1, -0.05) is 18.2 Å². The van der Waals surface area contributed by atoms with E-state index in [4.69, 9.17) is 0 Å². The van der Waals surface area contributed by atoms with Crippen molar-refractivity contribution in [2.45, 2.75) is 19.4 Å². The van der Waals surface area contributed by atoms with E-state index in [0.717, 1.165) is 28.2 Å². The van der Waals surface area contributed by atoms with Crippen LogP contribution in [0.4, 0.5) is 11.6 Å². The van der Waals surface area contributed by atoms with E-state index in [1.54, 1.807) is 31.0 Å². The maximum absolute atomic E-state index is 12.7. The van der Waals surface area contributed by atoms with Crippen molar-refractivity contribution in [1.82, 2.24) is 30.2 Å². The lowest BCUT2D eigenvalue weighted by atomic mass is 10.1. The molecule has 4 aromatic rings. The number of para-hydroxylation sites is 1. The number of aromatic nitrogens is 5. The van der Waals surface area contributed by atoms with Crippen LogP contribution in [0, 0.1) is 6.92 Å². The molecule has 0 radical (unpaired) electrons. The molecule has 1 amide bonds. The second kappa shape index (κ2) is 9.23. The molecule has 3 aromatic heterocycles. The molecule has 0 aliphatic heterocycles. The molecule has 0 bridgehead atoms. The van der Waals surface area contributed by atoms with Gasteiger partial charge in [0.2, 0.25) is 5.95 Å². The maximum atomic E-state index is 12.7. The molecule has 0 aliphatic rings. The Morgan fingerprint density at radius 3 is 2.77 bits per heavy atom. The van der Waals surface area contributed by atoms with Gasteiger partial charge >= 0.3 is 0 Å². The van der Waals surface area contributed by atoms with E-state index >= 15 is 0 Å². The Morgan fingerprint density at radius 2 is 2.03 bits per heavy atom. The summed E-state index contributed by atoms with van der Waals surface area (Å²) in [6, 6.07) is 11.0. The van der Waals surface area contributed by atoms with Crippen LogP contribution in [0.3, 0.4) is 0 Å². The maximum Gasteiger partial charge on any atom is 0.268 e. The quantitative estimate of drug-likeness (QED) is 0.299. The highest BCUT2D eigenvalue weighted by atomic mass is 16.3. The fourth-order valence-electron chi connectivity index (χ4n) is 3.19. The first-order valence-corrected chi connectivity index (χ1v) is 9.86. The number of aryl methyl sites for hydroxylation is 1. The number of hydrogen-bond acceptors (Lipinski definition) is 6. The first kappa shape index (κ1) is 20.3. The van der Waals surface area contributed by atoms with Gasteiger partial charge in [0.05, 0.1) is 24.7 Å². The molecule has 9 heteroatoms. The molecule has 0 saturated heterocycles. The normalized spacial score (nSPS) is 11.8. The molecule has 1 aromatic carbocycles.